The van der Waals surface area contributed by atoms with Crippen LogP contribution in [0.15, 0.2) is 30.3 Å². The van der Waals surface area contributed by atoms with Crippen LogP contribution in [0, 0.1) is 0 Å². The number of likely N-dealkylation sites (N-methyl/N-ethyl adjacent to an activating group) is 1. The number of carboxylic acid groups (broad SMARTS) is 1. The predicted octanol–water partition coefficient (Wildman–Crippen LogP) is 2.67. The SMILES string of the molecule is CN(C(=O)OC(C)(C)C)C(C(=O)N1CCC[C@H]1C(=O)O)c1ccccc1. The molecule has 0 spiro atoms. The highest BCUT2D eigenvalue weighted by Crippen LogP contribution is 2.28. The molecular formula is C19H26N2O5. The summed E-state index contributed by atoms with van der Waals surface area (Å²) in [5.41, 5.74) is -0.0886. The lowest BCUT2D eigenvalue weighted by Gasteiger charge is -2.33. The van der Waals surface area contributed by atoms with Crippen molar-refractivity contribution in [3.05, 3.63) is 35.9 Å². The summed E-state index contributed by atoms with van der Waals surface area (Å²) < 4.78 is 5.39. The number of likely N-dealkylation sites (tertiary alicyclic amines) is 1. The highest BCUT2D eigenvalue weighted by atomic mass is 16.6. The molecule has 1 N–H and O–H groups in total. The van der Waals surface area contributed by atoms with Crippen molar-refractivity contribution in [2.45, 2.75) is 51.3 Å². The van der Waals surface area contributed by atoms with E-state index in [0.29, 0.717) is 24.9 Å². The van der Waals surface area contributed by atoms with Crippen molar-refractivity contribution in [3.63, 3.8) is 0 Å². The third kappa shape index (κ3) is 4.53. The van der Waals surface area contributed by atoms with Crippen LogP contribution in [0.5, 0.6) is 0 Å². The van der Waals surface area contributed by atoms with Crippen LogP contribution in [0.3, 0.4) is 0 Å². The van der Waals surface area contributed by atoms with E-state index in [2.05, 4.69) is 0 Å². The van der Waals surface area contributed by atoms with Gasteiger partial charge in [0.05, 0.1) is 0 Å². The Hall–Kier alpha value is -2.57. The number of hydrogen-bond donors (Lipinski definition) is 1. The molecule has 2 amide bonds. The monoisotopic (exact) mass is 362 g/mol. The van der Waals surface area contributed by atoms with Crippen LogP contribution in [0.2, 0.25) is 0 Å². The van der Waals surface area contributed by atoms with Gasteiger partial charge in [-0.3, -0.25) is 9.69 Å². The number of carbonyl (C=O) groups is 3. The number of carbonyl (C=O) groups excluding carboxylic acids is 2. The molecule has 0 bridgehead atoms. The van der Waals surface area contributed by atoms with E-state index in [1.165, 1.54) is 16.8 Å². The topological polar surface area (TPSA) is 87.2 Å². The molecular weight excluding hydrogens is 336 g/mol. The van der Waals surface area contributed by atoms with Crippen LogP contribution < -0.4 is 0 Å². The van der Waals surface area contributed by atoms with Gasteiger partial charge in [-0.15, -0.1) is 0 Å². The molecule has 2 rings (SSSR count). The first-order chi connectivity index (χ1) is 12.1. The minimum Gasteiger partial charge on any atom is -0.480 e. The van der Waals surface area contributed by atoms with Crippen molar-refractivity contribution in [2.75, 3.05) is 13.6 Å². The summed E-state index contributed by atoms with van der Waals surface area (Å²) in [5.74, 6) is -1.43. The van der Waals surface area contributed by atoms with Gasteiger partial charge in [-0.2, -0.15) is 0 Å². The highest BCUT2D eigenvalue weighted by molar-refractivity contribution is 5.90. The van der Waals surface area contributed by atoms with E-state index >= 15 is 0 Å². The maximum Gasteiger partial charge on any atom is 0.410 e. The average molecular weight is 362 g/mol. The Labute approximate surface area is 153 Å². The molecule has 1 saturated heterocycles. The van der Waals surface area contributed by atoms with Gasteiger partial charge in [0, 0.05) is 13.6 Å². The van der Waals surface area contributed by atoms with Crippen LogP contribution in [0.25, 0.3) is 0 Å². The van der Waals surface area contributed by atoms with E-state index in [1.54, 1.807) is 45.0 Å². The Morgan fingerprint density at radius 2 is 1.85 bits per heavy atom. The number of hydrogen-bond acceptors (Lipinski definition) is 4. The van der Waals surface area contributed by atoms with Crippen LogP contribution in [0.1, 0.15) is 45.2 Å². The molecule has 1 aliphatic rings. The first kappa shape index (κ1) is 19.8. The first-order valence-electron chi connectivity index (χ1n) is 8.66. The van der Waals surface area contributed by atoms with Gasteiger partial charge in [0.25, 0.3) is 5.91 Å². The summed E-state index contributed by atoms with van der Waals surface area (Å²) in [6, 6.07) is 7.06. The second-order valence-electron chi connectivity index (χ2n) is 7.43. The standard InChI is InChI=1S/C19H26N2O5/c1-19(2,3)26-18(25)20(4)15(13-9-6-5-7-10-13)16(22)21-12-8-11-14(21)17(23)24/h5-7,9-10,14-15H,8,11-12H2,1-4H3,(H,23,24)/t14-,15?/m0/s1. The Bertz CT molecular complexity index is 668. The van der Waals surface area contributed by atoms with Gasteiger partial charge in [-0.1, -0.05) is 30.3 Å². The molecule has 1 aromatic rings. The average Bonchev–Trinajstić information content (AvgIpc) is 3.04. The number of benzene rings is 1. The van der Waals surface area contributed by atoms with Gasteiger partial charge in [0.15, 0.2) is 0 Å². The zero-order valence-corrected chi connectivity index (χ0v) is 15.6. The maximum atomic E-state index is 13.2. The second kappa shape index (κ2) is 7.76. The van der Waals surface area contributed by atoms with Crippen LogP contribution in [-0.4, -0.2) is 58.1 Å². The van der Waals surface area contributed by atoms with Gasteiger partial charge in [-0.05, 0) is 39.2 Å². The molecule has 1 unspecified atom stereocenters. The van der Waals surface area contributed by atoms with E-state index in [4.69, 9.17) is 4.74 Å². The van der Waals surface area contributed by atoms with Crippen molar-refractivity contribution in [2.24, 2.45) is 0 Å². The van der Waals surface area contributed by atoms with Gasteiger partial charge < -0.3 is 14.7 Å². The molecule has 26 heavy (non-hydrogen) atoms. The number of amides is 2. The Kier molecular flexibility index (Phi) is 5.90. The van der Waals surface area contributed by atoms with Crippen molar-refractivity contribution in [1.82, 2.24) is 9.80 Å². The summed E-state index contributed by atoms with van der Waals surface area (Å²) in [7, 11) is 1.50. The largest absolute Gasteiger partial charge is 0.480 e. The molecule has 7 nitrogen and oxygen atoms in total. The molecule has 2 atom stereocenters. The number of ether oxygens (including phenoxy) is 1. The van der Waals surface area contributed by atoms with Crippen LogP contribution in [0.4, 0.5) is 4.79 Å². The van der Waals surface area contributed by atoms with E-state index in [9.17, 15) is 19.5 Å². The van der Waals surface area contributed by atoms with Crippen LogP contribution >= 0.6 is 0 Å². The van der Waals surface area contributed by atoms with Gasteiger partial charge >= 0.3 is 12.1 Å². The molecule has 0 aliphatic carbocycles. The molecule has 0 saturated carbocycles. The van der Waals surface area contributed by atoms with E-state index in [1.807, 2.05) is 6.07 Å². The molecule has 1 fully saturated rings. The minimum atomic E-state index is -1.03. The zero-order chi connectivity index (χ0) is 19.5. The Balaban J connectivity index is 2.34. The zero-order valence-electron chi connectivity index (χ0n) is 15.6. The summed E-state index contributed by atoms with van der Waals surface area (Å²) in [6.45, 7) is 5.61. The van der Waals surface area contributed by atoms with Crippen molar-refractivity contribution >= 4 is 18.0 Å². The molecule has 0 radical (unpaired) electrons. The molecule has 142 valence electrons. The molecule has 1 heterocycles. The smallest absolute Gasteiger partial charge is 0.410 e. The molecule has 1 aromatic carbocycles. The second-order valence-corrected chi connectivity index (χ2v) is 7.43. The van der Waals surface area contributed by atoms with E-state index < -0.39 is 35.7 Å². The number of aliphatic carboxylic acids is 1. The fourth-order valence-corrected chi connectivity index (χ4v) is 3.05. The number of nitrogens with zero attached hydrogens (tertiary/aromatic N) is 2. The fraction of sp³-hybridized carbons (Fsp3) is 0.526. The minimum absolute atomic E-state index is 0.362. The fourth-order valence-electron chi connectivity index (χ4n) is 3.05. The normalized spacial score (nSPS) is 18.3. The lowest BCUT2D eigenvalue weighted by Crippen LogP contribution is -2.48. The predicted molar refractivity (Wildman–Crippen MR) is 95.6 cm³/mol. The first-order valence-corrected chi connectivity index (χ1v) is 8.66. The Morgan fingerprint density at radius 3 is 2.38 bits per heavy atom. The maximum absolute atomic E-state index is 13.2. The Morgan fingerprint density at radius 1 is 1.23 bits per heavy atom. The third-order valence-electron chi connectivity index (χ3n) is 4.24. The lowest BCUT2D eigenvalue weighted by atomic mass is 10.0. The van der Waals surface area contributed by atoms with E-state index in [-0.39, 0.29) is 0 Å². The molecule has 7 heteroatoms. The van der Waals surface area contributed by atoms with Crippen LogP contribution in [-0.2, 0) is 14.3 Å². The summed E-state index contributed by atoms with van der Waals surface area (Å²) in [6.07, 6.45) is 0.407. The highest BCUT2D eigenvalue weighted by Gasteiger charge is 2.40. The van der Waals surface area contributed by atoms with Gasteiger partial charge in [-0.25, -0.2) is 9.59 Å². The summed E-state index contributed by atoms with van der Waals surface area (Å²) in [4.78, 5) is 39.8. The lowest BCUT2D eigenvalue weighted by molar-refractivity contribution is -0.150. The number of rotatable bonds is 4. The van der Waals surface area contributed by atoms with Crippen molar-refractivity contribution < 1.29 is 24.2 Å². The third-order valence-corrected chi connectivity index (χ3v) is 4.24. The number of carboxylic acids is 1. The van der Waals surface area contributed by atoms with E-state index in [0.717, 1.165) is 0 Å². The quantitative estimate of drug-likeness (QED) is 0.890. The summed E-state index contributed by atoms with van der Waals surface area (Å²) >= 11 is 0. The van der Waals surface area contributed by atoms with Gasteiger partial charge in [0.1, 0.15) is 17.7 Å². The molecule has 0 aromatic heterocycles. The van der Waals surface area contributed by atoms with Gasteiger partial charge in [0.2, 0.25) is 0 Å². The summed E-state index contributed by atoms with van der Waals surface area (Å²) in [5, 5.41) is 9.39. The molecule has 1 aliphatic heterocycles. The van der Waals surface area contributed by atoms with Crippen molar-refractivity contribution in [3.8, 4) is 0 Å². The van der Waals surface area contributed by atoms with Crippen molar-refractivity contribution in [1.29, 1.82) is 0 Å².